The fourth-order valence-corrected chi connectivity index (χ4v) is 3.50. The molecule has 0 amide bonds. The highest BCUT2D eigenvalue weighted by Crippen LogP contribution is 2.28. The summed E-state index contributed by atoms with van der Waals surface area (Å²) < 4.78 is 14.2. The van der Waals surface area contributed by atoms with E-state index in [-0.39, 0.29) is 5.82 Å². The third-order valence-corrected chi connectivity index (χ3v) is 4.60. The van der Waals surface area contributed by atoms with Crippen molar-refractivity contribution >= 4 is 15.9 Å². The van der Waals surface area contributed by atoms with Crippen molar-refractivity contribution in [2.45, 2.75) is 51.2 Å². The van der Waals surface area contributed by atoms with Gasteiger partial charge >= 0.3 is 0 Å². The molecule has 1 unspecified atom stereocenters. The number of hydrogen-bond acceptors (Lipinski definition) is 2. The van der Waals surface area contributed by atoms with Gasteiger partial charge < -0.3 is 10.0 Å². The zero-order chi connectivity index (χ0) is 14.8. The topological polar surface area (TPSA) is 23.5 Å². The number of benzene rings is 1. The van der Waals surface area contributed by atoms with E-state index in [9.17, 15) is 9.50 Å². The first-order chi connectivity index (χ1) is 9.38. The van der Waals surface area contributed by atoms with Crippen LogP contribution in [-0.4, -0.2) is 34.7 Å². The van der Waals surface area contributed by atoms with Crippen LogP contribution in [0.3, 0.4) is 0 Å². The highest BCUT2D eigenvalue weighted by atomic mass is 79.9. The molecule has 1 fully saturated rings. The SMILES string of the molecule is CC(C)N1CCCC(O)(Cc2cc(F)cc(Br)c2)CC1. The van der Waals surface area contributed by atoms with Gasteiger partial charge in [0.15, 0.2) is 0 Å². The third-order valence-electron chi connectivity index (χ3n) is 4.14. The lowest BCUT2D eigenvalue weighted by molar-refractivity contribution is 0.0248. The van der Waals surface area contributed by atoms with Crippen molar-refractivity contribution in [3.05, 3.63) is 34.1 Å². The average Bonchev–Trinajstić information content (AvgIpc) is 2.49. The number of halogens is 2. The van der Waals surface area contributed by atoms with Gasteiger partial charge in [0.2, 0.25) is 0 Å². The maximum absolute atomic E-state index is 13.4. The van der Waals surface area contributed by atoms with Gasteiger partial charge in [-0.2, -0.15) is 0 Å². The zero-order valence-corrected chi connectivity index (χ0v) is 13.8. The predicted molar refractivity (Wildman–Crippen MR) is 83.3 cm³/mol. The second-order valence-corrected chi connectivity index (χ2v) is 7.08. The molecule has 4 heteroatoms. The molecule has 0 saturated carbocycles. The van der Waals surface area contributed by atoms with Crippen LogP contribution < -0.4 is 0 Å². The first kappa shape index (κ1) is 15.9. The number of rotatable bonds is 3. The maximum Gasteiger partial charge on any atom is 0.124 e. The molecule has 0 aliphatic carbocycles. The number of aliphatic hydroxyl groups is 1. The molecular formula is C16H23BrFNO. The minimum atomic E-state index is -0.711. The van der Waals surface area contributed by atoms with Gasteiger partial charge in [0.25, 0.3) is 0 Å². The monoisotopic (exact) mass is 343 g/mol. The van der Waals surface area contributed by atoms with Gasteiger partial charge in [-0.25, -0.2) is 4.39 Å². The molecule has 1 N–H and O–H groups in total. The van der Waals surface area contributed by atoms with E-state index in [0.717, 1.165) is 42.4 Å². The zero-order valence-electron chi connectivity index (χ0n) is 12.2. The van der Waals surface area contributed by atoms with Crippen LogP contribution in [0, 0.1) is 5.82 Å². The van der Waals surface area contributed by atoms with Crippen molar-refractivity contribution in [3.8, 4) is 0 Å². The molecule has 2 rings (SSSR count). The standard InChI is InChI=1S/C16H23BrFNO/c1-12(2)19-6-3-4-16(20,5-7-19)11-13-8-14(17)10-15(18)9-13/h8-10,12,20H,3-7,11H2,1-2H3. The molecule has 0 spiro atoms. The summed E-state index contributed by atoms with van der Waals surface area (Å²) in [5.74, 6) is -0.254. The average molecular weight is 344 g/mol. The van der Waals surface area contributed by atoms with Gasteiger partial charge in [0, 0.05) is 23.5 Å². The lowest BCUT2D eigenvalue weighted by Gasteiger charge is -2.28. The molecule has 1 saturated heterocycles. The Morgan fingerprint density at radius 1 is 1.30 bits per heavy atom. The van der Waals surface area contributed by atoms with Crippen molar-refractivity contribution in [3.63, 3.8) is 0 Å². The molecule has 1 aliphatic rings. The number of hydrogen-bond donors (Lipinski definition) is 1. The fourth-order valence-electron chi connectivity index (χ4n) is 2.99. The van der Waals surface area contributed by atoms with E-state index in [2.05, 4.69) is 34.7 Å². The van der Waals surface area contributed by atoms with E-state index in [4.69, 9.17) is 0 Å². The van der Waals surface area contributed by atoms with E-state index in [1.54, 1.807) is 0 Å². The van der Waals surface area contributed by atoms with E-state index in [1.165, 1.54) is 12.1 Å². The van der Waals surface area contributed by atoms with E-state index in [0.29, 0.717) is 12.5 Å². The molecule has 20 heavy (non-hydrogen) atoms. The number of nitrogens with zero attached hydrogens (tertiary/aromatic N) is 1. The quantitative estimate of drug-likeness (QED) is 0.903. The van der Waals surface area contributed by atoms with Gasteiger partial charge in [0.1, 0.15) is 5.82 Å². The summed E-state index contributed by atoms with van der Waals surface area (Å²) >= 11 is 3.31. The van der Waals surface area contributed by atoms with Gasteiger partial charge in [-0.15, -0.1) is 0 Å². The molecule has 112 valence electrons. The largest absolute Gasteiger partial charge is 0.389 e. The summed E-state index contributed by atoms with van der Waals surface area (Å²) in [5, 5.41) is 10.8. The number of likely N-dealkylation sites (tertiary alicyclic amines) is 1. The second kappa shape index (κ2) is 6.54. The summed E-state index contributed by atoms with van der Waals surface area (Å²) in [4.78, 5) is 2.40. The Balaban J connectivity index is 2.07. The minimum absolute atomic E-state index is 0.254. The fraction of sp³-hybridized carbons (Fsp3) is 0.625. The lowest BCUT2D eigenvalue weighted by Crippen LogP contribution is -2.35. The van der Waals surface area contributed by atoms with Crippen molar-refractivity contribution in [1.29, 1.82) is 0 Å². The summed E-state index contributed by atoms with van der Waals surface area (Å²) in [6, 6.07) is 5.38. The Labute approximate surface area is 129 Å². The Bertz CT molecular complexity index is 446. The molecule has 1 aromatic rings. The molecule has 1 aliphatic heterocycles. The van der Waals surface area contributed by atoms with E-state index in [1.807, 2.05) is 6.07 Å². The van der Waals surface area contributed by atoms with Crippen LogP contribution in [0.25, 0.3) is 0 Å². The van der Waals surface area contributed by atoms with E-state index >= 15 is 0 Å². The second-order valence-electron chi connectivity index (χ2n) is 6.16. The molecule has 2 nitrogen and oxygen atoms in total. The highest BCUT2D eigenvalue weighted by Gasteiger charge is 2.31. The van der Waals surface area contributed by atoms with Crippen molar-refractivity contribution in [2.24, 2.45) is 0 Å². The van der Waals surface area contributed by atoms with Crippen LogP contribution in [0.2, 0.25) is 0 Å². The van der Waals surface area contributed by atoms with Gasteiger partial charge in [0.05, 0.1) is 5.60 Å². The van der Waals surface area contributed by atoms with Crippen LogP contribution in [0.5, 0.6) is 0 Å². The van der Waals surface area contributed by atoms with Crippen LogP contribution >= 0.6 is 15.9 Å². The molecule has 1 atom stereocenters. The van der Waals surface area contributed by atoms with Gasteiger partial charge in [-0.3, -0.25) is 0 Å². The first-order valence-corrected chi connectivity index (χ1v) is 8.09. The normalized spacial score (nSPS) is 24.9. The van der Waals surface area contributed by atoms with E-state index < -0.39 is 5.60 Å². The van der Waals surface area contributed by atoms with Crippen molar-refractivity contribution in [1.82, 2.24) is 4.90 Å². The van der Waals surface area contributed by atoms with Crippen molar-refractivity contribution in [2.75, 3.05) is 13.1 Å². The Kier molecular flexibility index (Phi) is 5.21. The minimum Gasteiger partial charge on any atom is -0.389 e. The van der Waals surface area contributed by atoms with Crippen LogP contribution in [0.15, 0.2) is 22.7 Å². The van der Waals surface area contributed by atoms with Crippen LogP contribution in [-0.2, 0) is 6.42 Å². The lowest BCUT2D eigenvalue weighted by atomic mass is 9.88. The maximum atomic E-state index is 13.4. The Hall–Kier alpha value is -0.450. The van der Waals surface area contributed by atoms with Crippen LogP contribution in [0.1, 0.15) is 38.7 Å². The molecular weight excluding hydrogens is 321 g/mol. The predicted octanol–water partition coefficient (Wildman–Crippen LogP) is 3.76. The summed E-state index contributed by atoms with van der Waals surface area (Å²) in [6.07, 6.45) is 3.05. The van der Waals surface area contributed by atoms with Crippen molar-refractivity contribution < 1.29 is 9.50 Å². The molecule has 0 bridgehead atoms. The third kappa shape index (κ3) is 4.27. The molecule has 0 radical (unpaired) electrons. The molecule has 0 aromatic heterocycles. The first-order valence-electron chi connectivity index (χ1n) is 7.29. The summed E-state index contributed by atoms with van der Waals surface area (Å²) in [6.45, 7) is 6.32. The van der Waals surface area contributed by atoms with Crippen LogP contribution in [0.4, 0.5) is 4.39 Å². The molecule has 1 aromatic carbocycles. The highest BCUT2D eigenvalue weighted by molar-refractivity contribution is 9.10. The van der Waals surface area contributed by atoms with Gasteiger partial charge in [-0.1, -0.05) is 15.9 Å². The Morgan fingerprint density at radius 2 is 2.05 bits per heavy atom. The molecule has 1 heterocycles. The van der Waals surface area contributed by atoms with Gasteiger partial charge in [-0.05, 0) is 63.4 Å². The summed E-state index contributed by atoms with van der Waals surface area (Å²) in [5.41, 5.74) is 0.147. The summed E-state index contributed by atoms with van der Waals surface area (Å²) in [7, 11) is 0. The Morgan fingerprint density at radius 3 is 2.70 bits per heavy atom. The smallest absolute Gasteiger partial charge is 0.124 e.